The number of fused-ring (bicyclic) bond motifs is 1. The van der Waals surface area contributed by atoms with Gasteiger partial charge in [-0.1, -0.05) is 12.1 Å². The maximum Gasteiger partial charge on any atom is 0.277 e. The molecule has 0 radical (unpaired) electrons. The van der Waals surface area contributed by atoms with Crippen molar-refractivity contribution in [3.8, 4) is 11.4 Å². The third kappa shape index (κ3) is 3.92. The molecule has 2 N–H and O–H groups in total. The minimum Gasteiger partial charge on any atom is -0.494 e. The topological polar surface area (TPSA) is 111 Å². The Labute approximate surface area is 203 Å². The fourth-order valence-electron chi connectivity index (χ4n) is 4.87. The molecule has 0 aliphatic carbocycles. The van der Waals surface area contributed by atoms with Gasteiger partial charge in [-0.3, -0.25) is 14.4 Å². The van der Waals surface area contributed by atoms with Gasteiger partial charge in [-0.25, -0.2) is 4.68 Å². The number of aryl methyl sites for hydroxylation is 1. The van der Waals surface area contributed by atoms with Crippen molar-refractivity contribution >= 4 is 29.1 Å². The number of aromatic nitrogens is 2. The molecule has 180 valence electrons. The number of hydrogen-bond donors (Lipinski definition) is 1. The van der Waals surface area contributed by atoms with Gasteiger partial charge in [0.1, 0.15) is 11.4 Å². The van der Waals surface area contributed by atoms with Crippen molar-refractivity contribution in [3.05, 3.63) is 65.0 Å². The molecule has 2 aromatic carbocycles. The number of benzene rings is 2. The van der Waals surface area contributed by atoms with Gasteiger partial charge < -0.3 is 20.3 Å². The number of nitrogens with two attached hydrogens (primary N) is 1. The summed E-state index contributed by atoms with van der Waals surface area (Å²) in [6.07, 6.45) is 2.80. The summed E-state index contributed by atoms with van der Waals surface area (Å²) < 4.78 is 7.15. The Kier molecular flexibility index (Phi) is 5.76. The molecule has 3 aromatic rings. The molecule has 35 heavy (non-hydrogen) atoms. The number of methoxy groups -OCH3 is 1. The second kappa shape index (κ2) is 8.90. The molecule has 0 saturated carbocycles. The molecule has 0 bridgehead atoms. The van der Waals surface area contributed by atoms with E-state index in [1.165, 1.54) is 4.68 Å². The first-order valence-electron chi connectivity index (χ1n) is 11.7. The largest absolute Gasteiger partial charge is 0.494 e. The molecule has 3 heterocycles. The Morgan fingerprint density at radius 1 is 1.00 bits per heavy atom. The van der Waals surface area contributed by atoms with E-state index in [9.17, 15) is 14.4 Å². The average molecular weight is 474 g/mol. The molecule has 1 fully saturated rings. The number of piperidine rings is 1. The van der Waals surface area contributed by atoms with E-state index in [1.807, 2.05) is 37.3 Å². The van der Waals surface area contributed by atoms with Crippen molar-refractivity contribution in [3.63, 3.8) is 0 Å². The predicted octanol–water partition coefficient (Wildman–Crippen LogP) is 3.01. The number of ether oxygens (including phenoxy) is 1. The minimum absolute atomic E-state index is 0.0887. The number of amides is 3. The van der Waals surface area contributed by atoms with Crippen LogP contribution in [0.15, 0.2) is 42.5 Å². The van der Waals surface area contributed by atoms with Gasteiger partial charge in [0.15, 0.2) is 5.69 Å². The van der Waals surface area contributed by atoms with Crippen molar-refractivity contribution in [2.24, 2.45) is 5.73 Å². The zero-order valence-corrected chi connectivity index (χ0v) is 19.8. The van der Waals surface area contributed by atoms with Gasteiger partial charge in [-0.05, 0) is 56.0 Å². The molecule has 3 amide bonds. The molecular formula is C26H27N5O4. The monoisotopic (exact) mass is 473 g/mol. The Hall–Kier alpha value is -4.14. The second-order valence-electron chi connectivity index (χ2n) is 8.86. The maximum atomic E-state index is 13.8. The fraction of sp³-hybridized carbons (Fsp3) is 0.308. The fourth-order valence-corrected chi connectivity index (χ4v) is 4.87. The van der Waals surface area contributed by atoms with E-state index < -0.39 is 5.91 Å². The predicted molar refractivity (Wildman–Crippen MR) is 131 cm³/mol. The molecule has 2 aliphatic rings. The second-order valence-corrected chi connectivity index (χ2v) is 8.86. The number of primary amides is 1. The highest BCUT2D eigenvalue weighted by molar-refractivity contribution is 6.10. The van der Waals surface area contributed by atoms with Crippen LogP contribution in [0.25, 0.3) is 5.69 Å². The summed E-state index contributed by atoms with van der Waals surface area (Å²) in [5.74, 6) is -0.380. The number of carbonyl (C=O) groups is 3. The number of nitrogens with zero attached hydrogens (tertiary/aromatic N) is 4. The van der Waals surface area contributed by atoms with Gasteiger partial charge in [-0.15, -0.1) is 0 Å². The first-order valence-corrected chi connectivity index (χ1v) is 11.7. The zero-order valence-electron chi connectivity index (χ0n) is 19.8. The van der Waals surface area contributed by atoms with Crippen molar-refractivity contribution in [2.45, 2.75) is 32.6 Å². The van der Waals surface area contributed by atoms with Crippen LogP contribution in [-0.4, -0.2) is 47.7 Å². The molecule has 0 atom stereocenters. The van der Waals surface area contributed by atoms with E-state index in [0.717, 1.165) is 24.1 Å². The molecule has 5 rings (SSSR count). The summed E-state index contributed by atoms with van der Waals surface area (Å²) in [6, 6.07) is 13.0. The Morgan fingerprint density at radius 2 is 1.83 bits per heavy atom. The van der Waals surface area contributed by atoms with Crippen LogP contribution in [0.2, 0.25) is 0 Å². The summed E-state index contributed by atoms with van der Waals surface area (Å²) >= 11 is 0. The van der Waals surface area contributed by atoms with Crippen molar-refractivity contribution in [2.75, 3.05) is 30.0 Å². The molecule has 1 saturated heterocycles. The van der Waals surface area contributed by atoms with Crippen LogP contribution in [0.1, 0.15) is 51.4 Å². The van der Waals surface area contributed by atoms with Crippen molar-refractivity contribution in [1.82, 2.24) is 9.78 Å². The van der Waals surface area contributed by atoms with Crippen LogP contribution >= 0.6 is 0 Å². The number of hydrogen-bond acceptors (Lipinski definition) is 5. The van der Waals surface area contributed by atoms with E-state index >= 15 is 0 Å². The van der Waals surface area contributed by atoms with Gasteiger partial charge in [0.2, 0.25) is 5.91 Å². The molecule has 9 heteroatoms. The van der Waals surface area contributed by atoms with Gasteiger partial charge in [0.05, 0.1) is 18.5 Å². The van der Waals surface area contributed by atoms with Gasteiger partial charge in [0.25, 0.3) is 11.8 Å². The van der Waals surface area contributed by atoms with Crippen LogP contribution in [0.3, 0.4) is 0 Å². The molecule has 2 aliphatic heterocycles. The van der Waals surface area contributed by atoms with Crippen LogP contribution in [-0.2, 0) is 11.2 Å². The number of rotatable bonds is 5. The molecular weight excluding hydrogens is 446 g/mol. The number of anilines is 2. The van der Waals surface area contributed by atoms with Gasteiger partial charge in [-0.2, -0.15) is 5.10 Å². The normalized spacial score (nSPS) is 15.8. The molecule has 0 unspecified atom stereocenters. The van der Waals surface area contributed by atoms with Crippen LogP contribution < -0.4 is 20.3 Å². The van der Waals surface area contributed by atoms with Crippen molar-refractivity contribution in [1.29, 1.82) is 0 Å². The van der Waals surface area contributed by atoms with Crippen LogP contribution in [0.4, 0.5) is 11.4 Å². The first kappa shape index (κ1) is 22.6. The molecule has 0 spiro atoms. The number of carbonyl (C=O) groups excluding carboxylic acids is 3. The summed E-state index contributed by atoms with van der Waals surface area (Å²) in [7, 11) is 1.54. The van der Waals surface area contributed by atoms with E-state index in [0.29, 0.717) is 54.3 Å². The van der Waals surface area contributed by atoms with Crippen LogP contribution in [0, 0.1) is 6.92 Å². The average Bonchev–Trinajstić information content (AvgIpc) is 3.25. The molecule has 9 nitrogen and oxygen atoms in total. The Balaban J connectivity index is 1.56. The van der Waals surface area contributed by atoms with Gasteiger partial charge in [0, 0.05) is 36.8 Å². The van der Waals surface area contributed by atoms with E-state index in [1.54, 1.807) is 29.0 Å². The van der Waals surface area contributed by atoms with Gasteiger partial charge >= 0.3 is 0 Å². The first-order chi connectivity index (χ1) is 16.9. The third-order valence-electron chi connectivity index (χ3n) is 6.59. The highest BCUT2D eigenvalue weighted by Gasteiger charge is 2.36. The quantitative estimate of drug-likeness (QED) is 0.612. The van der Waals surface area contributed by atoms with E-state index in [4.69, 9.17) is 10.5 Å². The standard InChI is InChI=1S/C26H27N5O4/c1-16-6-5-7-18(14-16)31-24-19(23(28-31)25(27)33)11-13-30(26(24)34)20-10-9-17(15-21(20)35-2)29-12-4-3-8-22(29)32/h5-7,9-10,14-15H,3-4,8,11-13H2,1-2H3,(H2,27,33). The lowest BCUT2D eigenvalue weighted by Crippen LogP contribution is -2.39. The summed E-state index contributed by atoms with van der Waals surface area (Å²) in [6.45, 7) is 2.95. The SMILES string of the molecule is COc1cc(N2CCCCC2=O)ccc1N1CCc2c(C(N)=O)nn(-c3cccc(C)c3)c2C1=O. The lowest BCUT2D eigenvalue weighted by atomic mass is 10.0. The smallest absolute Gasteiger partial charge is 0.277 e. The minimum atomic E-state index is -0.665. The highest BCUT2D eigenvalue weighted by atomic mass is 16.5. The summed E-state index contributed by atoms with van der Waals surface area (Å²) in [5.41, 5.74) is 9.59. The Morgan fingerprint density at radius 3 is 2.54 bits per heavy atom. The lowest BCUT2D eigenvalue weighted by molar-refractivity contribution is -0.119. The summed E-state index contributed by atoms with van der Waals surface area (Å²) in [5, 5.41) is 4.43. The van der Waals surface area contributed by atoms with E-state index in [2.05, 4.69) is 5.10 Å². The third-order valence-corrected chi connectivity index (χ3v) is 6.59. The maximum absolute atomic E-state index is 13.8. The highest BCUT2D eigenvalue weighted by Crippen LogP contribution is 2.37. The summed E-state index contributed by atoms with van der Waals surface area (Å²) in [4.78, 5) is 41.7. The zero-order chi connectivity index (χ0) is 24.7. The Bertz CT molecular complexity index is 1350. The lowest BCUT2D eigenvalue weighted by Gasteiger charge is -2.31. The van der Waals surface area contributed by atoms with E-state index in [-0.39, 0.29) is 17.5 Å². The van der Waals surface area contributed by atoms with Crippen molar-refractivity contribution < 1.29 is 19.1 Å². The van der Waals surface area contributed by atoms with Crippen LogP contribution in [0.5, 0.6) is 5.75 Å². The molecule has 1 aromatic heterocycles.